The molecule has 0 atom stereocenters. The van der Waals surface area contributed by atoms with Gasteiger partial charge in [-0.25, -0.2) is 0 Å². The van der Waals surface area contributed by atoms with Gasteiger partial charge in [0, 0.05) is 0 Å². The first-order valence-electron chi connectivity index (χ1n) is 8.92. The lowest BCUT2D eigenvalue weighted by molar-refractivity contribution is 0.553. The smallest absolute Gasteiger partial charge is 0.145 e. The van der Waals surface area contributed by atoms with Crippen molar-refractivity contribution >= 4 is 23.8 Å². The van der Waals surface area contributed by atoms with E-state index < -0.39 is 0 Å². The first kappa shape index (κ1) is 17.9. The number of aliphatic imine (C=N–C) groups is 2. The van der Waals surface area contributed by atoms with Crippen LogP contribution < -0.4 is 0 Å². The molecule has 0 N–H and O–H groups in total. The van der Waals surface area contributed by atoms with Crippen LogP contribution in [0, 0.1) is 12.8 Å². The van der Waals surface area contributed by atoms with Gasteiger partial charge in [0.1, 0.15) is 11.5 Å². The SMILES string of the molecule is Cc1cccc(N=Cc2ccc(C=Nc3cccc(CC(C)C)c3)o2)c1. The monoisotopic (exact) mass is 344 g/mol. The highest BCUT2D eigenvalue weighted by atomic mass is 16.3. The summed E-state index contributed by atoms with van der Waals surface area (Å²) in [5, 5.41) is 0. The molecule has 0 saturated heterocycles. The molecule has 0 amide bonds. The maximum Gasteiger partial charge on any atom is 0.145 e. The zero-order chi connectivity index (χ0) is 18.4. The van der Waals surface area contributed by atoms with Crippen molar-refractivity contribution in [2.75, 3.05) is 0 Å². The first-order chi connectivity index (χ1) is 12.6. The number of nitrogens with zero attached hydrogens (tertiary/aromatic N) is 2. The van der Waals surface area contributed by atoms with Gasteiger partial charge in [0.2, 0.25) is 0 Å². The third kappa shape index (κ3) is 5.28. The molecule has 2 aromatic carbocycles. The van der Waals surface area contributed by atoms with Crippen LogP contribution in [0.2, 0.25) is 0 Å². The van der Waals surface area contributed by atoms with E-state index >= 15 is 0 Å². The fraction of sp³-hybridized carbons (Fsp3) is 0.217. The molecule has 0 aliphatic rings. The highest BCUT2D eigenvalue weighted by molar-refractivity contribution is 5.83. The van der Waals surface area contributed by atoms with E-state index in [4.69, 9.17) is 4.42 Å². The van der Waals surface area contributed by atoms with Crippen molar-refractivity contribution in [1.29, 1.82) is 0 Å². The molecule has 3 aromatic rings. The number of aryl methyl sites for hydroxylation is 1. The molecule has 3 nitrogen and oxygen atoms in total. The highest BCUT2D eigenvalue weighted by Crippen LogP contribution is 2.18. The van der Waals surface area contributed by atoms with E-state index in [0.29, 0.717) is 17.4 Å². The Labute approximate surface area is 155 Å². The second kappa shape index (κ2) is 8.43. The lowest BCUT2D eigenvalue weighted by Crippen LogP contribution is -1.92. The van der Waals surface area contributed by atoms with E-state index in [0.717, 1.165) is 17.8 Å². The molecule has 0 aliphatic heterocycles. The number of furan rings is 1. The summed E-state index contributed by atoms with van der Waals surface area (Å²) in [5.74, 6) is 2.06. The lowest BCUT2D eigenvalue weighted by Gasteiger charge is -2.04. The average molecular weight is 344 g/mol. The highest BCUT2D eigenvalue weighted by Gasteiger charge is 2.00. The normalized spacial score (nSPS) is 11.8. The van der Waals surface area contributed by atoms with E-state index in [1.165, 1.54) is 11.1 Å². The third-order valence-electron chi connectivity index (χ3n) is 3.89. The zero-order valence-electron chi connectivity index (χ0n) is 15.5. The minimum Gasteiger partial charge on any atom is -0.454 e. The molecule has 0 radical (unpaired) electrons. The third-order valence-corrected chi connectivity index (χ3v) is 3.89. The van der Waals surface area contributed by atoms with Crippen molar-refractivity contribution in [3.63, 3.8) is 0 Å². The summed E-state index contributed by atoms with van der Waals surface area (Å²) in [6.07, 6.45) is 4.54. The Morgan fingerprint density at radius 2 is 1.46 bits per heavy atom. The molecule has 0 saturated carbocycles. The molecule has 3 heteroatoms. The number of hydrogen-bond acceptors (Lipinski definition) is 3. The molecule has 1 aromatic heterocycles. The minimum absolute atomic E-state index is 0.634. The molecule has 0 unspecified atom stereocenters. The van der Waals surface area contributed by atoms with Gasteiger partial charge in [0.05, 0.1) is 23.8 Å². The summed E-state index contributed by atoms with van der Waals surface area (Å²) in [5.41, 5.74) is 4.35. The van der Waals surface area contributed by atoms with Crippen molar-refractivity contribution < 1.29 is 4.42 Å². The van der Waals surface area contributed by atoms with Gasteiger partial charge < -0.3 is 4.42 Å². The van der Waals surface area contributed by atoms with Gasteiger partial charge in [0.25, 0.3) is 0 Å². The fourth-order valence-corrected chi connectivity index (χ4v) is 2.73. The topological polar surface area (TPSA) is 37.9 Å². The van der Waals surface area contributed by atoms with Gasteiger partial charge in [0.15, 0.2) is 0 Å². The Morgan fingerprint density at radius 3 is 2.08 bits per heavy atom. The van der Waals surface area contributed by atoms with Crippen LogP contribution in [-0.4, -0.2) is 12.4 Å². The number of rotatable bonds is 6. The van der Waals surface area contributed by atoms with Crippen LogP contribution in [0.15, 0.2) is 75.1 Å². The van der Waals surface area contributed by atoms with Crippen LogP contribution in [0.4, 0.5) is 11.4 Å². The Kier molecular flexibility index (Phi) is 5.80. The van der Waals surface area contributed by atoms with Crippen LogP contribution >= 0.6 is 0 Å². The van der Waals surface area contributed by atoms with Crippen LogP contribution in [0.1, 0.15) is 36.5 Å². The minimum atomic E-state index is 0.634. The molecular weight excluding hydrogens is 320 g/mol. The number of benzene rings is 2. The first-order valence-corrected chi connectivity index (χ1v) is 8.92. The Bertz CT molecular complexity index is 919. The Balaban J connectivity index is 1.67. The summed E-state index contributed by atoms with van der Waals surface area (Å²) in [6, 6.07) is 20.2. The predicted octanol–water partition coefficient (Wildman–Crippen LogP) is 6.29. The molecule has 0 fully saturated rings. The van der Waals surface area contributed by atoms with Crippen LogP contribution in [-0.2, 0) is 6.42 Å². The molecule has 0 bridgehead atoms. The quantitative estimate of drug-likeness (QED) is 0.484. The predicted molar refractivity (Wildman–Crippen MR) is 109 cm³/mol. The van der Waals surface area contributed by atoms with Crippen molar-refractivity contribution in [2.45, 2.75) is 27.2 Å². The molecule has 0 aliphatic carbocycles. The van der Waals surface area contributed by atoms with Crippen molar-refractivity contribution in [2.24, 2.45) is 15.9 Å². The molecule has 1 heterocycles. The maximum absolute atomic E-state index is 5.75. The van der Waals surface area contributed by atoms with Gasteiger partial charge in [-0.2, -0.15) is 0 Å². The zero-order valence-corrected chi connectivity index (χ0v) is 15.5. The Hall–Kier alpha value is -2.94. The van der Waals surface area contributed by atoms with Gasteiger partial charge in [-0.15, -0.1) is 0 Å². The maximum atomic E-state index is 5.75. The summed E-state index contributed by atoms with van der Waals surface area (Å²) in [7, 11) is 0. The summed E-state index contributed by atoms with van der Waals surface area (Å²) >= 11 is 0. The van der Waals surface area contributed by atoms with Gasteiger partial charge in [-0.3, -0.25) is 9.98 Å². The number of hydrogen-bond donors (Lipinski definition) is 0. The fourth-order valence-electron chi connectivity index (χ4n) is 2.73. The van der Waals surface area contributed by atoms with Crippen molar-refractivity contribution in [3.8, 4) is 0 Å². The van der Waals surface area contributed by atoms with E-state index in [2.05, 4.69) is 49.0 Å². The van der Waals surface area contributed by atoms with Crippen molar-refractivity contribution in [1.82, 2.24) is 0 Å². The Morgan fingerprint density at radius 1 is 0.846 bits per heavy atom. The molecule has 132 valence electrons. The largest absolute Gasteiger partial charge is 0.454 e. The summed E-state index contributed by atoms with van der Waals surface area (Å²) < 4.78 is 5.75. The second-order valence-corrected chi connectivity index (χ2v) is 6.86. The van der Waals surface area contributed by atoms with Crippen LogP contribution in [0.5, 0.6) is 0 Å². The van der Waals surface area contributed by atoms with E-state index in [1.54, 1.807) is 12.4 Å². The van der Waals surface area contributed by atoms with Gasteiger partial charge in [-0.1, -0.05) is 38.1 Å². The summed E-state index contributed by atoms with van der Waals surface area (Å²) in [4.78, 5) is 8.97. The summed E-state index contributed by atoms with van der Waals surface area (Å²) in [6.45, 7) is 6.49. The van der Waals surface area contributed by atoms with Crippen LogP contribution in [0.25, 0.3) is 0 Å². The van der Waals surface area contributed by atoms with E-state index in [1.807, 2.05) is 42.5 Å². The average Bonchev–Trinajstić information content (AvgIpc) is 3.06. The van der Waals surface area contributed by atoms with Crippen molar-refractivity contribution in [3.05, 3.63) is 83.3 Å². The standard InChI is InChI=1S/C23H24N2O/c1-17(2)12-19-7-5-9-21(14-19)25-16-23-11-10-22(26-23)15-24-20-8-4-6-18(3)13-20/h4-11,13-17H,12H2,1-3H3. The molecular formula is C23H24N2O. The van der Waals surface area contributed by atoms with Gasteiger partial charge >= 0.3 is 0 Å². The van der Waals surface area contributed by atoms with Crippen LogP contribution in [0.3, 0.4) is 0 Å². The van der Waals surface area contributed by atoms with Gasteiger partial charge in [-0.05, 0) is 66.8 Å². The molecule has 3 rings (SSSR count). The lowest BCUT2D eigenvalue weighted by atomic mass is 10.0. The second-order valence-electron chi connectivity index (χ2n) is 6.86. The van der Waals surface area contributed by atoms with E-state index in [9.17, 15) is 0 Å². The van der Waals surface area contributed by atoms with E-state index in [-0.39, 0.29) is 0 Å². The molecule has 26 heavy (non-hydrogen) atoms. The molecule has 0 spiro atoms.